The summed E-state index contributed by atoms with van der Waals surface area (Å²) in [7, 11) is 0. The molecule has 1 aromatic carbocycles. The van der Waals surface area contributed by atoms with E-state index in [9.17, 15) is 18.7 Å². The number of benzene rings is 1. The summed E-state index contributed by atoms with van der Waals surface area (Å²) in [5.41, 5.74) is 1.86. The molecule has 0 spiro atoms. The van der Waals surface area contributed by atoms with Crippen LogP contribution in [-0.4, -0.2) is 17.0 Å². The van der Waals surface area contributed by atoms with Gasteiger partial charge in [0.25, 0.3) is 0 Å². The molecule has 0 aromatic heterocycles. The molecule has 4 heteroatoms. The minimum absolute atomic E-state index is 0.0144. The normalized spacial score (nSPS) is 41.4. The second-order valence-corrected chi connectivity index (χ2v) is 10.2. The minimum atomic E-state index is -0.485. The average Bonchev–Trinajstić information content (AvgIpc) is 2.99. The smallest absolute Gasteiger partial charge is 0.155 e. The Morgan fingerprint density at radius 2 is 1.76 bits per heavy atom. The summed E-state index contributed by atoms with van der Waals surface area (Å²) in [5, 5.41) is 10.9. The number of rotatable bonds is 1. The molecular formula is C25H30F2O2. The number of halogens is 2. The second-order valence-electron chi connectivity index (χ2n) is 10.2. The van der Waals surface area contributed by atoms with Crippen LogP contribution < -0.4 is 0 Å². The number of aliphatic hydroxyl groups is 1. The van der Waals surface area contributed by atoms with Gasteiger partial charge >= 0.3 is 0 Å². The van der Waals surface area contributed by atoms with Gasteiger partial charge in [-0.05, 0) is 104 Å². The van der Waals surface area contributed by atoms with Crippen LogP contribution in [0.25, 0.3) is 0 Å². The first-order valence-corrected chi connectivity index (χ1v) is 11.2. The summed E-state index contributed by atoms with van der Waals surface area (Å²) in [6, 6.07) is 3.05. The fourth-order valence-corrected chi connectivity index (χ4v) is 7.50. The van der Waals surface area contributed by atoms with Crippen LogP contribution in [0.15, 0.2) is 23.8 Å². The summed E-state index contributed by atoms with van der Waals surface area (Å²) in [5.74, 6) is 0.786. The van der Waals surface area contributed by atoms with E-state index in [4.69, 9.17) is 0 Å². The first-order chi connectivity index (χ1) is 13.8. The van der Waals surface area contributed by atoms with Gasteiger partial charge in [0.05, 0.1) is 6.10 Å². The van der Waals surface area contributed by atoms with Crippen LogP contribution in [-0.2, 0) is 4.79 Å². The van der Waals surface area contributed by atoms with Crippen LogP contribution in [0.5, 0.6) is 0 Å². The van der Waals surface area contributed by atoms with Crippen LogP contribution in [0.2, 0.25) is 0 Å². The summed E-state index contributed by atoms with van der Waals surface area (Å²) in [6.07, 6.45) is 7.52. The molecule has 0 saturated heterocycles. The van der Waals surface area contributed by atoms with Crippen molar-refractivity contribution < 1.29 is 18.7 Å². The second kappa shape index (κ2) is 6.73. The predicted octanol–water partition coefficient (Wildman–Crippen LogP) is 5.47. The zero-order valence-corrected chi connectivity index (χ0v) is 17.3. The Hall–Kier alpha value is -1.55. The van der Waals surface area contributed by atoms with E-state index in [-0.39, 0.29) is 28.8 Å². The Labute approximate surface area is 171 Å². The maximum atomic E-state index is 14.5. The molecule has 3 saturated carbocycles. The van der Waals surface area contributed by atoms with E-state index in [0.29, 0.717) is 30.1 Å². The van der Waals surface area contributed by atoms with Gasteiger partial charge in [0, 0.05) is 12.0 Å². The van der Waals surface area contributed by atoms with Gasteiger partial charge in [-0.15, -0.1) is 0 Å². The van der Waals surface area contributed by atoms with E-state index < -0.39 is 11.6 Å². The number of fused-ring (bicyclic) bond motifs is 5. The lowest BCUT2D eigenvalue weighted by Crippen LogP contribution is -2.51. The van der Waals surface area contributed by atoms with Gasteiger partial charge < -0.3 is 5.11 Å². The lowest BCUT2D eigenvalue weighted by atomic mass is 9.48. The van der Waals surface area contributed by atoms with Crippen LogP contribution in [0.4, 0.5) is 8.78 Å². The van der Waals surface area contributed by atoms with E-state index in [1.54, 1.807) is 0 Å². The molecule has 0 heterocycles. The van der Waals surface area contributed by atoms with E-state index in [0.717, 1.165) is 44.1 Å². The zero-order valence-electron chi connectivity index (χ0n) is 17.3. The van der Waals surface area contributed by atoms with Crippen LogP contribution in [0, 0.1) is 47.6 Å². The van der Waals surface area contributed by atoms with Crippen LogP contribution >= 0.6 is 0 Å². The highest BCUT2D eigenvalue weighted by atomic mass is 19.1. The highest BCUT2D eigenvalue weighted by molar-refractivity contribution is 5.91. The van der Waals surface area contributed by atoms with Gasteiger partial charge in [-0.3, -0.25) is 4.79 Å². The number of carbonyl (C=O) groups is 1. The van der Waals surface area contributed by atoms with Crippen molar-refractivity contribution in [2.75, 3.05) is 0 Å². The molecule has 0 aliphatic heterocycles. The van der Waals surface area contributed by atoms with E-state index in [2.05, 4.69) is 6.92 Å². The maximum Gasteiger partial charge on any atom is 0.155 e. The van der Waals surface area contributed by atoms with Gasteiger partial charge in [0.15, 0.2) is 5.78 Å². The molecule has 1 N–H and O–H groups in total. The summed E-state index contributed by atoms with van der Waals surface area (Å²) < 4.78 is 29.0. The quantitative estimate of drug-likeness (QED) is 0.679. The molecule has 4 aliphatic carbocycles. The Balaban J connectivity index is 1.63. The molecule has 7 unspecified atom stereocenters. The average molecular weight is 401 g/mol. The molecule has 29 heavy (non-hydrogen) atoms. The standard InChI is InChI=1S/C25H30F2O2/c1-13-21(26)10-15(11-22(13)27)19-12-25(2)20(7-8-23(25)29)18-5-3-14-9-16(28)4-6-17(14)24(18)19/h9-11,17-20,23-24,29H,3-8,12H2,1-2H3. The molecule has 0 radical (unpaired) electrons. The van der Waals surface area contributed by atoms with Gasteiger partial charge in [-0.25, -0.2) is 8.78 Å². The molecule has 2 nitrogen and oxygen atoms in total. The molecule has 156 valence electrons. The SMILES string of the molecule is Cc1c(F)cc(C2CC3(C)C(O)CCC3C3CCC4=CC(=O)CCC4C23)cc1F. The van der Waals surface area contributed by atoms with Crippen molar-refractivity contribution in [1.82, 2.24) is 0 Å². The van der Waals surface area contributed by atoms with Crippen LogP contribution in [0.1, 0.15) is 68.9 Å². The Bertz CT molecular complexity index is 868. The van der Waals surface area contributed by atoms with Crippen LogP contribution in [0.3, 0.4) is 0 Å². The molecular weight excluding hydrogens is 370 g/mol. The lowest BCUT2D eigenvalue weighted by molar-refractivity contribution is -0.116. The van der Waals surface area contributed by atoms with E-state index in [1.165, 1.54) is 24.6 Å². The lowest BCUT2D eigenvalue weighted by Gasteiger charge is -2.57. The fraction of sp³-hybridized carbons (Fsp3) is 0.640. The van der Waals surface area contributed by atoms with Gasteiger partial charge in [0.2, 0.25) is 0 Å². The van der Waals surface area contributed by atoms with Crippen molar-refractivity contribution in [1.29, 1.82) is 0 Å². The molecule has 5 rings (SSSR count). The molecule has 1 aromatic rings. The van der Waals surface area contributed by atoms with Crippen molar-refractivity contribution >= 4 is 5.78 Å². The molecule has 4 aliphatic rings. The third-order valence-corrected chi connectivity index (χ3v) is 8.98. The molecule has 0 bridgehead atoms. The van der Waals surface area contributed by atoms with Crippen molar-refractivity contribution in [3.63, 3.8) is 0 Å². The monoisotopic (exact) mass is 400 g/mol. The molecule has 7 atom stereocenters. The Kier molecular flexibility index (Phi) is 4.51. The van der Waals surface area contributed by atoms with E-state index >= 15 is 0 Å². The number of aliphatic hydroxyl groups excluding tert-OH is 1. The fourth-order valence-electron chi connectivity index (χ4n) is 7.50. The van der Waals surface area contributed by atoms with Gasteiger partial charge in [0.1, 0.15) is 11.6 Å². The maximum absolute atomic E-state index is 14.5. The summed E-state index contributed by atoms with van der Waals surface area (Å²) >= 11 is 0. The predicted molar refractivity (Wildman–Crippen MR) is 107 cm³/mol. The van der Waals surface area contributed by atoms with Crippen molar-refractivity contribution in [2.24, 2.45) is 29.1 Å². The highest BCUT2D eigenvalue weighted by Gasteiger charge is 2.59. The number of carbonyl (C=O) groups excluding carboxylic acids is 1. The third kappa shape index (κ3) is 2.85. The first kappa shape index (κ1) is 19.4. The van der Waals surface area contributed by atoms with Crippen molar-refractivity contribution in [2.45, 2.75) is 70.8 Å². The molecule has 0 amide bonds. The molecule has 3 fully saturated rings. The number of hydrogen-bond donors (Lipinski definition) is 1. The topological polar surface area (TPSA) is 37.3 Å². The number of allylic oxidation sites excluding steroid dienone is 1. The third-order valence-electron chi connectivity index (χ3n) is 8.98. The summed E-state index contributed by atoms with van der Waals surface area (Å²) in [6.45, 7) is 3.67. The zero-order chi connectivity index (χ0) is 20.5. The van der Waals surface area contributed by atoms with Crippen molar-refractivity contribution in [3.05, 3.63) is 46.5 Å². The Morgan fingerprint density at radius 1 is 1.03 bits per heavy atom. The number of hydrogen-bond acceptors (Lipinski definition) is 2. The van der Waals surface area contributed by atoms with Crippen molar-refractivity contribution in [3.8, 4) is 0 Å². The highest BCUT2D eigenvalue weighted by Crippen LogP contribution is 2.65. The number of ketones is 1. The van der Waals surface area contributed by atoms with Gasteiger partial charge in [-0.2, -0.15) is 0 Å². The Morgan fingerprint density at radius 3 is 2.48 bits per heavy atom. The largest absolute Gasteiger partial charge is 0.393 e. The van der Waals surface area contributed by atoms with E-state index in [1.807, 2.05) is 6.08 Å². The minimum Gasteiger partial charge on any atom is -0.393 e. The van der Waals surface area contributed by atoms with Gasteiger partial charge in [-0.1, -0.05) is 12.5 Å². The summed E-state index contributed by atoms with van der Waals surface area (Å²) in [4.78, 5) is 12.0. The first-order valence-electron chi connectivity index (χ1n) is 11.2.